The second kappa shape index (κ2) is 6.96. The van der Waals surface area contributed by atoms with Gasteiger partial charge in [0.1, 0.15) is 11.6 Å². The summed E-state index contributed by atoms with van der Waals surface area (Å²) in [5, 5.41) is 9.82. The Labute approximate surface area is 169 Å². The SMILES string of the molecule is O=C1COc2cc(NC(=O)c3cc4nccc(-c5ccc(F)cc5)n4n3)ccc2N1. The molecule has 2 amide bonds. The fourth-order valence-corrected chi connectivity index (χ4v) is 3.19. The number of carbonyl (C=O) groups is 2. The monoisotopic (exact) mass is 403 g/mol. The number of rotatable bonds is 3. The van der Waals surface area contributed by atoms with Gasteiger partial charge in [0.05, 0.1) is 11.4 Å². The zero-order valence-electron chi connectivity index (χ0n) is 15.4. The van der Waals surface area contributed by atoms with Crippen LogP contribution in [0.4, 0.5) is 15.8 Å². The number of hydrogen-bond acceptors (Lipinski definition) is 5. The van der Waals surface area contributed by atoms with Crippen molar-refractivity contribution in [3.05, 3.63) is 72.3 Å². The van der Waals surface area contributed by atoms with E-state index in [4.69, 9.17) is 4.74 Å². The summed E-state index contributed by atoms with van der Waals surface area (Å²) in [6, 6.07) is 14.2. The molecule has 2 aromatic carbocycles. The second-order valence-electron chi connectivity index (χ2n) is 6.64. The third-order valence-electron chi connectivity index (χ3n) is 4.60. The molecule has 0 fully saturated rings. The molecule has 0 unspecified atom stereocenters. The summed E-state index contributed by atoms with van der Waals surface area (Å²) >= 11 is 0. The van der Waals surface area contributed by atoms with Crippen LogP contribution in [0.1, 0.15) is 10.5 Å². The predicted octanol–water partition coefficient (Wildman–Crippen LogP) is 3.12. The number of halogens is 1. The van der Waals surface area contributed by atoms with Gasteiger partial charge >= 0.3 is 0 Å². The molecular formula is C21H14FN5O3. The van der Waals surface area contributed by atoms with E-state index < -0.39 is 5.91 Å². The molecule has 0 bridgehead atoms. The van der Waals surface area contributed by atoms with Crippen LogP contribution in [0, 0.1) is 5.82 Å². The summed E-state index contributed by atoms with van der Waals surface area (Å²) in [5.41, 5.74) is 3.12. The lowest BCUT2D eigenvalue weighted by atomic mass is 10.1. The average molecular weight is 403 g/mol. The molecule has 0 saturated carbocycles. The fourth-order valence-electron chi connectivity index (χ4n) is 3.19. The van der Waals surface area contributed by atoms with E-state index in [0.29, 0.717) is 28.5 Å². The maximum atomic E-state index is 13.2. The van der Waals surface area contributed by atoms with Gasteiger partial charge in [0, 0.05) is 29.6 Å². The van der Waals surface area contributed by atoms with Crippen molar-refractivity contribution in [2.45, 2.75) is 0 Å². The Hall–Kier alpha value is -4.27. The van der Waals surface area contributed by atoms with E-state index in [9.17, 15) is 14.0 Å². The molecule has 4 aromatic rings. The molecule has 30 heavy (non-hydrogen) atoms. The fraction of sp³-hybridized carbons (Fsp3) is 0.0476. The number of amides is 2. The first-order valence-electron chi connectivity index (χ1n) is 9.05. The van der Waals surface area contributed by atoms with E-state index in [1.54, 1.807) is 48.7 Å². The van der Waals surface area contributed by atoms with Crippen LogP contribution in [0.3, 0.4) is 0 Å². The van der Waals surface area contributed by atoms with Gasteiger partial charge in [0.25, 0.3) is 11.8 Å². The molecule has 5 rings (SSSR count). The molecule has 2 aromatic heterocycles. The van der Waals surface area contributed by atoms with Crippen LogP contribution >= 0.6 is 0 Å². The van der Waals surface area contributed by atoms with Crippen LogP contribution in [0.5, 0.6) is 5.75 Å². The Morgan fingerprint density at radius 1 is 1.13 bits per heavy atom. The number of aromatic nitrogens is 3. The van der Waals surface area contributed by atoms with Crippen LogP contribution in [0.15, 0.2) is 60.8 Å². The summed E-state index contributed by atoms with van der Waals surface area (Å²) in [7, 11) is 0. The van der Waals surface area contributed by atoms with Crippen LogP contribution in [-0.2, 0) is 4.79 Å². The summed E-state index contributed by atoms with van der Waals surface area (Å²) in [6.07, 6.45) is 1.60. The van der Waals surface area contributed by atoms with Crippen LogP contribution in [-0.4, -0.2) is 33.0 Å². The Kier molecular flexibility index (Phi) is 4.13. The molecule has 3 heterocycles. The predicted molar refractivity (Wildman–Crippen MR) is 107 cm³/mol. The number of nitrogens with zero attached hydrogens (tertiary/aromatic N) is 3. The third kappa shape index (κ3) is 3.22. The largest absolute Gasteiger partial charge is 0.482 e. The number of anilines is 2. The lowest BCUT2D eigenvalue weighted by Gasteiger charge is -2.18. The molecule has 0 saturated heterocycles. The first kappa shape index (κ1) is 17.8. The van der Waals surface area contributed by atoms with Crippen molar-refractivity contribution in [1.82, 2.24) is 14.6 Å². The highest BCUT2D eigenvalue weighted by Crippen LogP contribution is 2.30. The van der Waals surface area contributed by atoms with E-state index in [2.05, 4.69) is 20.7 Å². The number of carbonyl (C=O) groups excluding carboxylic acids is 2. The van der Waals surface area contributed by atoms with E-state index >= 15 is 0 Å². The number of hydrogen-bond donors (Lipinski definition) is 2. The van der Waals surface area contributed by atoms with Gasteiger partial charge in [-0.15, -0.1) is 0 Å². The number of nitrogens with one attached hydrogen (secondary N) is 2. The zero-order chi connectivity index (χ0) is 20.7. The lowest BCUT2D eigenvalue weighted by Crippen LogP contribution is -2.25. The van der Waals surface area contributed by atoms with Gasteiger partial charge in [-0.05, 0) is 42.5 Å². The summed E-state index contributed by atoms with van der Waals surface area (Å²) < 4.78 is 20.1. The molecule has 8 nitrogen and oxygen atoms in total. The van der Waals surface area contributed by atoms with Crippen molar-refractivity contribution in [1.29, 1.82) is 0 Å². The van der Waals surface area contributed by atoms with Crippen molar-refractivity contribution in [3.8, 4) is 17.0 Å². The highest BCUT2D eigenvalue weighted by Gasteiger charge is 2.18. The Bertz CT molecular complexity index is 1300. The van der Waals surface area contributed by atoms with Crippen LogP contribution < -0.4 is 15.4 Å². The highest BCUT2D eigenvalue weighted by molar-refractivity contribution is 6.04. The van der Waals surface area contributed by atoms with Crippen LogP contribution in [0.25, 0.3) is 16.9 Å². The molecule has 2 N–H and O–H groups in total. The number of ether oxygens (including phenoxy) is 1. The Morgan fingerprint density at radius 3 is 2.80 bits per heavy atom. The molecule has 0 radical (unpaired) electrons. The van der Waals surface area contributed by atoms with E-state index in [-0.39, 0.29) is 24.0 Å². The zero-order valence-corrected chi connectivity index (χ0v) is 15.4. The van der Waals surface area contributed by atoms with Gasteiger partial charge in [0.2, 0.25) is 0 Å². The van der Waals surface area contributed by atoms with Gasteiger partial charge in [-0.25, -0.2) is 13.9 Å². The maximum Gasteiger partial charge on any atom is 0.276 e. The smallest absolute Gasteiger partial charge is 0.276 e. The maximum absolute atomic E-state index is 13.2. The molecule has 1 aliphatic heterocycles. The summed E-state index contributed by atoms with van der Waals surface area (Å²) in [6.45, 7) is -0.0747. The molecule has 0 spiro atoms. The van der Waals surface area contributed by atoms with Gasteiger partial charge in [-0.2, -0.15) is 5.10 Å². The Morgan fingerprint density at radius 2 is 1.97 bits per heavy atom. The van der Waals surface area contributed by atoms with Crippen molar-refractivity contribution >= 4 is 28.8 Å². The topological polar surface area (TPSA) is 97.6 Å². The first-order chi connectivity index (χ1) is 14.6. The average Bonchev–Trinajstić information content (AvgIpc) is 3.19. The van der Waals surface area contributed by atoms with Gasteiger partial charge in [-0.3, -0.25) is 9.59 Å². The van der Waals surface area contributed by atoms with Gasteiger partial charge in [0.15, 0.2) is 17.9 Å². The standard InChI is InChI=1S/C21H14FN5O3/c22-13-3-1-12(2-4-13)17-7-8-23-19-10-16(26-27(17)19)21(29)24-14-5-6-15-18(9-14)30-11-20(28)25-15/h1-10H,11H2,(H,24,29)(H,25,28). The quantitative estimate of drug-likeness (QED) is 0.548. The van der Waals surface area contributed by atoms with Gasteiger partial charge in [-0.1, -0.05) is 0 Å². The normalized spacial score (nSPS) is 12.8. The molecule has 9 heteroatoms. The molecule has 148 valence electrons. The summed E-state index contributed by atoms with van der Waals surface area (Å²) in [4.78, 5) is 28.3. The van der Waals surface area contributed by atoms with E-state index in [0.717, 1.165) is 5.56 Å². The van der Waals surface area contributed by atoms with Crippen molar-refractivity contribution in [2.75, 3.05) is 17.2 Å². The van der Waals surface area contributed by atoms with Crippen LogP contribution in [0.2, 0.25) is 0 Å². The lowest BCUT2D eigenvalue weighted by molar-refractivity contribution is -0.118. The molecule has 0 atom stereocenters. The van der Waals surface area contributed by atoms with E-state index in [1.807, 2.05) is 0 Å². The minimum Gasteiger partial charge on any atom is -0.482 e. The highest BCUT2D eigenvalue weighted by atomic mass is 19.1. The van der Waals surface area contributed by atoms with E-state index in [1.165, 1.54) is 16.6 Å². The molecule has 1 aliphatic rings. The molecular weight excluding hydrogens is 389 g/mol. The van der Waals surface area contributed by atoms with Crippen molar-refractivity contribution in [2.24, 2.45) is 0 Å². The number of benzene rings is 2. The van der Waals surface area contributed by atoms with Gasteiger partial charge < -0.3 is 15.4 Å². The first-order valence-corrected chi connectivity index (χ1v) is 9.05. The van der Waals surface area contributed by atoms with Crippen molar-refractivity contribution < 1.29 is 18.7 Å². The second-order valence-corrected chi connectivity index (χ2v) is 6.64. The minimum absolute atomic E-state index is 0.0747. The third-order valence-corrected chi connectivity index (χ3v) is 4.60. The summed E-state index contributed by atoms with van der Waals surface area (Å²) in [5.74, 6) is -0.514. The minimum atomic E-state index is -0.426. The number of fused-ring (bicyclic) bond motifs is 2. The molecule has 0 aliphatic carbocycles. The van der Waals surface area contributed by atoms with Crippen molar-refractivity contribution in [3.63, 3.8) is 0 Å². The Balaban J connectivity index is 1.44.